The summed E-state index contributed by atoms with van der Waals surface area (Å²) in [5.41, 5.74) is 1.87. The molecule has 4 nitrogen and oxygen atoms in total. The average Bonchev–Trinajstić information content (AvgIpc) is 2.35. The number of anilines is 1. The molecular formula is C14H12I2N2O2. The van der Waals surface area contributed by atoms with Gasteiger partial charge in [0.1, 0.15) is 6.54 Å². The van der Waals surface area contributed by atoms with Crippen molar-refractivity contribution in [1.29, 1.82) is 0 Å². The van der Waals surface area contributed by atoms with Crippen LogP contribution >= 0.6 is 45.2 Å². The summed E-state index contributed by atoms with van der Waals surface area (Å²) in [6.07, 6.45) is 3.36. The molecule has 0 atom stereocenters. The van der Waals surface area contributed by atoms with Crippen LogP contribution in [0.25, 0.3) is 0 Å². The van der Waals surface area contributed by atoms with Crippen molar-refractivity contribution in [2.45, 2.75) is 13.5 Å². The summed E-state index contributed by atoms with van der Waals surface area (Å²) in [6.45, 7) is 2.16. The third-order valence-electron chi connectivity index (χ3n) is 2.62. The Morgan fingerprint density at radius 2 is 1.90 bits per heavy atom. The second-order valence-electron chi connectivity index (χ2n) is 4.37. The van der Waals surface area contributed by atoms with Crippen molar-refractivity contribution >= 4 is 56.8 Å². The van der Waals surface area contributed by atoms with E-state index in [-0.39, 0.29) is 17.9 Å². The van der Waals surface area contributed by atoms with Crippen LogP contribution in [0.4, 0.5) is 5.69 Å². The van der Waals surface area contributed by atoms with E-state index in [4.69, 9.17) is 0 Å². The van der Waals surface area contributed by atoms with Crippen LogP contribution in [-0.2, 0) is 11.3 Å². The average molecular weight is 494 g/mol. The number of nitrogens with one attached hydrogen (secondary N) is 1. The molecule has 0 saturated carbocycles. The molecule has 1 aromatic heterocycles. The lowest BCUT2D eigenvalue weighted by atomic mass is 10.2. The number of hydrogen-bond acceptors (Lipinski definition) is 2. The van der Waals surface area contributed by atoms with Gasteiger partial charge in [-0.05, 0) is 69.8 Å². The maximum absolute atomic E-state index is 12.0. The van der Waals surface area contributed by atoms with Crippen LogP contribution in [-0.4, -0.2) is 10.5 Å². The zero-order valence-electron chi connectivity index (χ0n) is 10.7. The number of benzene rings is 1. The first-order valence-electron chi connectivity index (χ1n) is 5.87. The number of carbonyl (C=O) groups excluding carboxylic acids is 1. The fourth-order valence-electron chi connectivity index (χ4n) is 1.74. The lowest BCUT2D eigenvalue weighted by Crippen LogP contribution is -2.21. The topological polar surface area (TPSA) is 51.1 Å². The SMILES string of the molecule is Cc1cccc(NC(=O)Cn2cc(I)c(=O)c(I)c2)c1. The summed E-state index contributed by atoms with van der Waals surface area (Å²) in [5, 5.41) is 2.84. The molecule has 6 heteroatoms. The molecule has 1 aromatic carbocycles. The molecule has 0 aliphatic heterocycles. The predicted octanol–water partition coefficient (Wildman–Crippen LogP) is 3.00. The highest BCUT2D eigenvalue weighted by molar-refractivity contribution is 14.1. The summed E-state index contributed by atoms with van der Waals surface area (Å²) in [6, 6.07) is 7.64. The van der Waals surface area contributed by atoms with Crippen molar-refractivity contribution in [3.63, 3.8) is 0 Å². The van der Waals surface area contributed by atoms with Crippen LogP contribution in [0.1, 0.15) is 5.56 Å². The normalized spacial score (nSPS) is 10.3. The Balaban J connectivity index is 2.10. The van der Waals surface area contributed by atoms with Crippen molar-refractivity contribution in [2.75, 3.05) is 5.32 Å². The first-order chi connectivity index (χ1) is 9.45. The molecule has 2 rings (SSSR count). The Labute approximate surface area is 143 Å². The number of aromatic nitrogens is 1. The van der Waals surface area contributed by atoms with Gasteiger partial charge >= 0.3 is 0 Å². The highest BCUT2D eigenvalue weighted by Crippen LogP contribution is 2.10. The zero-order valence-corrected chi connectivity index (χ0v) is 15.0. The number of halogens is 2. The molecule has 1 N–H and O–H groups in total. The van der Waals surface area contributed by atoms with E-state index in [0.717, 1.165) is 11.3 Å². The minimum Gasteiger partial charge on any atom is -0.343 e. The smallest absolute Gasteiger partial charge is 0.244 e. The zero-order chi connectivity index (χ0) is 14.7. The Hall–Kier alpha value is -0.900. The van der Waals surface area contributed by atoms with Crippen molar-refractivity contribution < 1.29 is 4.79 Å². The van der Waals surface area contributed by atoms with Gasteiger partial charge in [0.15, 0.2) is 0 Å². The van der Waals surface area contributed by atoms with Crippen LogP contribution in [0.15, 0.2) is 41.5 Å². The minimum atomic E-state index is -0.120. The van der Waals surface area contributed by atoms with Gasteiger partial charge in [-0.2, -0.15) is 0 Å². The van der Waals surface area contributed by atoms with E-state index in [1.165, 1.54) is 0 Å². The van der Waals surface area contributed by atoms with Gasteiger partial charge < -0.3 is 9.88 Å². The van der Waals surface area contributed by atoms with Gasteiger partial charge in [0.05, 0.1) is 7.14 Å². The monoisotopic (exact) mass is 494 g/mol. The number of carbonyl (C=O) groups is 1. The van der Waals surface area contributed by atoms with Gasteiger partial charge in [0.2, 0.25) is 11.3 Å². The highest BCUT2D eigenvalue weighted by atomic mass is 127. The molecule has 104 valence electrons. The van der Waals surface area contributed by atoms with Gasteiger partial charge in [-0.3, -0.25) is 9.59 Å². The Morgan fingerprint density at radius 1 is 1.25 bits per heavy atom. The molecule has 0 unspecified atom stereocenters. The molecule has 0 saturated heterocycles. The van der Waals surface area contributed by atoms with Crippen LogP contribution < -0.4 is 10.7 Å². The Kier molecular flexibility index (Phi) is 5.19. The summed E-state index contributed by atoms with van der Waals surface area (Å²) in [4.78, 5) is 23.6. The minimum absolute atomic E-state index is 0.00143. The molecule has 0 bridgehead atoms. The van der Waals surface area contributed by atoms with E-state index in [2.05, 4.69) is 5.32 Å². The molecule has 0 fully saturated rings. The highest BCUT2D eigenvalue weighted by Gasteiger charge is 2.07. The quantitative estimate of drug-likeness (QED) is 0.668. The van der Waals surface area contributed by atoms with Crippen molar-refractivity contribution in [1.82, 2.24) is 4.57 Å². The summed E-state index contributed by atoms with van der Waals surface area (Å²) < 4.78 is 2.94. The van der Waals surface area contributed by atoms with Gasteiger partial charge in [-0.25, -0.2) is 0 Å². The maximum atomic E-state index is 12.0. The van der Waals surface area contributed by atoms with E-state index in [9.17, 15) is 9.59 Å². The molecule has 2 aromatic rings. The summed E-state index contributed by atoms with van der Waals surface area (Å²) >= 11 is 3.96. The van der Waals surface area contributed by atoms with E-state index in [0.29, 0.717) is 7.14 Å². The fraction of sp³-hybridized carbons (Fsp3) is 0.143. The molecule has 20 heavy (non-hydrogen) atoms. The molecule has 0 aliphatic carbocycles. The Bertz CT molecular complexity index is 684. The summed E-state index contributed by atoms with van der Waals surface area (Å²) in [5.74, 6) is -0.120. The number of aryl methyl sites for hydroxylation is 1. The van der Waals surface area contributed by atoms with E-state index >= 15 is 0 Å². The molecule has 0 aliphatic rings. The van der Waals surface area contributed by atoms with Crippen LogP contribution in [0.2, 0.25) is 0 Å². The molecular weight excluding hydrogens is 482 g/mol. The number of amides is 1. The lowest BCUT2D eigenvalue weighted by molar-refractivity contribution is -0.116. The molecule has 1 amide bonds. The molecule has 0 spiro atoms. The van der Waals surface area contributed by atoms with E-state index in [1.807, 2.05) is 76.4 Å². The summed E-state index contributed by atoms with van der Waals surface area (Å²) in [7, 11) is 0. The Morgan fingerprint density at radius 3 is 2.50 bits per heavy atom. The van der Waals surface area contributed by atoms with Crippen LogP contribution in [0, 0.1) is 14.1 Å². The molecule has 1 heterocycles. The number of hydrogen-bond donors (Lipinski definition) is 1. The van der Waals surface area contributed by atoms with E-state index < -0.39 is 0 Å². The van der Waals surface area contributed by atoms with Gasteiger partial charge in [-0.15, -0.1) is 0 Å². The van der Waals surface area contributed by atoms with Crippen LogP contribution in [0.3, 0.4) is 0 Å². The van der Waals surface area contributed by atoms with Gasteiger partial charge in [0.25, 0.3) is 0 Å². The molecule has 0 radical (unpaired) electrons. The number of pyridine rings is 1. The van der Waals surface area contributed by atoms with Gasteiger partial charge in [0, 0.05) is 18.1 Å². The van der Waals surface area contributed by atoms with E-state index in [1.54, 1.807) is 17.0 Å². The number of rotatable bonds is 3. The number of nitrogens with zero attached hydrogens (tertiary/aromatic N) is 1. The predicted molar refractivity (Wildman–Crippen MR) is 95.9 cm³/mol. The second kappa shape index (κ2) is 6.70. The first-order valence-corrected chi connectivity index (χ1v) is 8.03. The second-order valence-corrected chi connectivity index (χ2v) is 6.70. The van der Waals surface area contributed by atoms with Gasteiger partial charge in [-0.1, -0.05) is 12.1 Å². The third-order valence-corrected chi connectivity index (χ3v) is 4.16. The van der Waals surface area contributed by atoms with Crippen molar-refractivity contribution in [2.24, 2.45) is 0 Å². The fourth-order valence-corrected chi connectivity index (χ4v) is 3.55. The first kappa shape index (κ1) is 15.5. The largest absolute Gasteiger partial charge is 0.343 e. The van der Waals surface area contributed by atoms with Crippen LogP contribution in [0.5, 0.6) is 0 Å². The van der Waals surface area contributed by atoms with Crippen molar-refractivity contribution in [3.05, 3.63) is 59.6 Å². The lowest BCUT2D eigenvalue weighted by Gasteiger charge is -2.09. The maximum Gasteiger partial charge on any atom is 0.244 e. The van der Waals surface area contributed by atoms with Crippen molar-refractivity contribution in [3.8, 4) is 0 Å². The third kappa shape index (κ3) is 4.05. The standard InChI is InChI=1S/C14H12I2N2O2/c1-9-3-2-4-10(5-9)17-13(19)8-18-6-11(15)14(20)12(16)7-18/h2-7H,8H2,1H3,(H,17,19).